The van der Waals surface area contributed by atoms with Gasteiger partial charge in [-0.1, -0.05) is 43.2 Å². The van der Waals surface area contributed by atoms with Gasteiger partial charge in [0.15, 0.2) is 5.76 Å². The van der Waals surface area contributed by atoms with Gasteiger partial charge in [-0.25, -0.2) is 14.6 Å². The second-order valence-electron chi connectivity index (χ2n) is 8.51. The number of oxazole rings is 1. The number of amides is 1. The summed E-state index contributed by atoms with van der Waals surface area (Å²) in [5.41, 5.74) is 1.50. The lowest BCUT2D eigenvalue weighted by Crippen LogP contribution is -2.32. The molecule has 1 amide bonds. The quantitative estimate of drug-likeness (QED) is 0.275. The predicted octanol–water partition coefficient (Wildman–Crippen LogP) is 4.28. The molecule has 1 unspecified atom stereocenters. The van der Waals surface area contributed by atoms with E-state index < -0.39 is 6.04 Å². The maximum Gasteiger partial charge on any atom is 0.242 e. The first kappa shape index (κ1) is 25.0. The maximum absolute atomic E-state index is 12.7. The Balaban J connectivity index is 1.52. The number of unbranched alkanes of at least 4 members (excludes halogenated alkanes) is 2. The maximum atomic E-state index is 12.7. The van der Waals surface area contributed by atoms with Crippen molar-refractivity contribution in [2.75, 3.05) is 7.11 Å². The third-order valence-corrected chi connectivity index (χ3v) is 5.92. The SMILES string of the molecule is CCC(=O)CCCCCC(NC(=O)Cn1ccnn1)c1ncc(-c2cc3ccccc3nc2OC)o1. The molecule has 1 atom stereocenters. The van der Waals surface area contributed by atoms with Gasteiger partial charge < -0.3 is 14.5 Å². The fourth-order valence-electron chi connectivity index (χ4n) is 3.99. The molecule has 3 heterocycles. The van der Waals surface area contributed by atoms with Crippen LogP contribution >= 0.6 is 0 Å². The highest BCUT2D eigenvalue weighted by molar-refractivity contribution is 5.85. The number of fused-ring (bicyclic) bond motifs is 1. The minimum atomic E-state index is -0.434. The number of carbonyl (C=O) groups excluding carboxylic acids is 2. The zero-order valence-electron chi connectivity index (χ0n) is 20.5. The number of Topliss-reactive ketones (excluding diaryl/α,β-unsaturated/α-hetero) is 1. The Hall–Kier alpha value is -4.08. The molecule has 4 aromatic rings. The van der Waals surface area contributed by atoms with Crippen LogP contribution in [0.25, 0.3) is 22.2 Å². The molecule has 10 nitrogen and oxygen atoms in total. The molecule has 3 aromatic heterocycles. The summed E-state index contributed by atoms with van der Waals surface area (Å²) in [7, 11) is 1.56. The van der Waals surface area contributed by atoms with Crippen LogP contribution in [0.1, 0.15) is 57.4 Å². The number of ketones is 1. The number of nitrogens with one attached hydrogen (secondary N) is 1. The van der Waals surface area contributed by atoms with E-state index in [0.29, 0.717) is 42.4 Å². The van der Waals surface area contributed by atoms with Gasteiger partial charge in [0.1, 0.15) is 18.4 Å². The lowest BCUT2D eigenvalue weighted by atomic mass is 10.0. The Morgan fingerprint density at radius 3 is 2.83 bits per heavy atom. The zero-order valence-corrected chi connectivity index (χ0v) is 20.5. The van der Waals surface area contributed by atoms with Gasteiger partial charge in [0.25, 0.3) is 0 Å². The molecule has 36 heavy (non-hydrogen) atoms. The Kier molecular flexibility index (Phi) is 8.38. The van der Waals surface area contributed by atoms with Crippen molar-refractivity contribution in [3.05, 3.63) is 54.8 Å². The minimum absolute atomic E-state index is 0.0392. The highest BCUT2D eigenvalue weighted by atomic mass is 16.5. The second-order valence-corrected chi connectivity index (χ2v) is 8.51. The van der Waals surface area contributed by atoms with E-state index in [1.807, 2.05) is 37.3 Å². The van der Waals surface area contributed by atoms with E-state index >= 15 is 0 Å². The number of rotatable bonds is 13. The number of hydrogen-bond acceptors (Lipinski definition) is 8. The van der Waals surface area contributed by atoms with Gasteiger partial charge in [0, 0.05) is 24.4 Å². The molecular weight excluding hydrogens is 460 g/mol. The monoisotopic (exact) mass is 490 g/mol. The van der Waals surface area contributed by atoms with Crippen LogP contribution in [-0.4, -0.2) is 43.8 Å². The molecule has 188 valence electrons. The van der Waals surface area contributed by atoms with Crippen molar-refractivity contribution in [3.63, 3.8) is 0 Å². The van der Waals surface area contributed by atoms with E-state index in [1.54, 1.807) is 19.5 Å². The second kappa shape index (κ2) is 12.1. The van der Waals surface area contributed by atoms with E-state index in [4.69, 9.17) is 9.15 Å². The van der Waals surface area contributed by atoms with E-state index in [9.17, 15) is 9.59 Å². The van der Waals surface area contributed by atoms with Gasteiger partial charge in [-0.2, -0.15) is 0 Å². The van der Waals surface area contributed by atoms with Crippen molar-refractivity contribution < 1.29 is 18.7 Å². The van der Waals surface area contributed by atoms with Crippen LogP contribution in [0.15, 0.2) is 53.3 Å². The van der Waals surface area contributed by atoms with Crippen LogP contribution in [0.5, 0.6) is 5.88 Å². The van der Waals surface area contributed by atoms with Gasteiger partial charge >= 0.3 is 0 Å². The summed E-state index contributed by atoms with van der Waals surface area (Å²) in [5.74, 6) is 1.38. The van der Waals surface area contributed by atoms with Gasteiger partial charge in [-0.3, -0.25) is 9.59 Å². The Bertz CT molecular complexity index is 1300. The first-order valence-corrected chi connectivity index (χ1v) is 12.1. The van der Waals surface area contributed by atoms with Crippen molar-refractivity contribution >= 4 is 22.6 Å². The Morgan fingerprint density at radius 2 is 2.06 bits per heavy atom. The highest BCUT2D eigenvalue weighted by Crippen LogP contribution is 2.33. The molecule has 0 aliphatic rings. The van der Waals surface area contributed by atoms with Gasteiger partial charge in [-0.15, -0.1) is 5.10 Å². The number of hydrogen-bond donors (Lipinski definition) is 1. The van der Waals surface area contributed by atoms with E-state index in [-0.39, 0.29) is 18.2 Å². The molecule has 0 radical (unpaired) electrons. The average molecular weight is 491 g/mol. The number of aromatic nitrogens is 5. The molecule has 0 aliphatic heterocycles. The molecule has 10 heteroatoms. The first-order chi connectivity index (χ1) is 17.6. The summed E-state index contributed by atoms with van der Waals surface area (Å²) in [6, 6.07) is 9.28. The molecular formula is C26H30N6O4. The Morgan fingerprint density at radius 1 is 1.19 bits per heavy atom. The number of ether oxygens (including phenoxy) is 1. The van der Waals surface area contributed by atoms with Gasteiger partial charge in [0.2, 0.25) is 17.7 Å². The number of methoxy groups -OCH3 is 1. The summed E-state index contributed by atoms with van der Waals surface area (Å²) in [6.07, 6.45) is 9.04. The van der Waals surface area contributed by atoms with Crippen LogP contribution in [-0.2, 0) is 16.1 Å². The van der Waals surface area contributed by atoms with Crippen molar-refractivity contribution in [3.8, 4) is 17.2 Å². The largest absolute Gasteiger partial charge is 0.480 e. The normalized spacial score (nSPS) is 11.9. The summed E-state index contributed by atoms with van der Waals surface area (Å²) in [5, 5.41) is 11.5. The molecule has 0 spiro atoms. The van der Waals surface area contributed by atoms with E-state index in [2.05, 4.69) is 25.6 Å². The predicted molar refractivity (Wildman–Crippen MR) is 133 cm³/mol. The number of benzene rings is 1. The average Bonchev–Trinajstić information content (AvgIpc) is 3.59. The minimum Gasteiger partial charge on any atom is -0.480 e. The van der Waals surface area contributed by atoms with Crippen molar-refractivity contribution in [2.45, 2.75) is 58.0 Å². The smallest absolute Gasteiger partial charge is 0.242 e. The van der Waals surface area contributed by atoms with Crippen LogP contribution < -0.4 is 10.1 Å². The standard InChI is InChI=1S/C26H30N6O4/c1-3-19(33)10-5-4-6-12-22(29-24(34)17-32-14-13-28-31-32)26-27-16-23(36-26)20-15-18-9-7-8-11-21(18)30-25(20)35-2/h7-9,11,13-16,22H,3-6,10,12,17H2,1-2H3,(H,29,34). The van der Waals surface area contributed by atoms with E-state index in [1.165, 1.54) is 10.9 Å². The molecule has 4 rings (SSSR count). The van der Waals surface area contributed by atoms with E-state index in [0.717, 1.165) is 30.2 Å². The number of para-hydroxylation sites is 1. The van der Waals surface area contributed by atoms with Crippen LogP contribution in [0.3, 0.4) is 0 Å². The number of pyridine rings is 1. The number of nitrogens with zero attached hydrogens (tertiary/aromatic N) is 5. The zero-order chi connectivity index (χ0) is 25.3. The van der Waals surface area contributed by atoms with Crippen molar-refractivity contribution in [1.82, 2.24) is 30.3 Å². The summed E-state index contributed by atoms with van der Waals surface area (Å²) in [4.78, 5) is 33.3. The highest BCUT2D eigenvalue weighted by Gasteiger charge is 2.22. The van der Waals surface area contributed by atoms with Gasteiger partial charge in [0.05, 0.1) is 30.6 Å². The third kappa shape index (κ3) is 6.32. The van der Waals surface area contributed by atoms with Crippen molar-refractivity contribution in [1.29, 1.82) is 0 Å². The Labute approximate surface area is 209 Å². The van der Waals surface area contributed by atoms with Crippen LogP contribution in [0, 0.1) is 0 Å². The fraction of sp³-hybridized carbons (Fsp3) is 0.385. The summed E-state index contributed by atoms with van der Waals surface area (Å²) >= 11 is 0. The lowest BCUT2D eigenvalue weighted by Gasteiger charge is -2.16. The topological polar surface area (TPSA) is 125 Å². The molecule has 1 N–H and O–H groups in total. The molecule has 0 aliphatic carbocycles. The lowest BCUT2D eigenvalue weighted by molar-refractivity contribution is -0.123. The fourth-order valence-corrected chi connectivity index (χ4v) is 3.99. The van der Waals surface area contributed by atoms with Crippen LogP contribution in [0.2, 0.25) is 0 Å². The molecule has 0 fully saturated rings. The summed E-state index contributed by atoms with van der Waals surface area (Å²) in [6.45, 7) is 1.92. The molecule has 1 aromatic carbocycles. The molecule has 0 saturated carbocycles. The number of carbonyl (C=O) groups is 2. The van der Waals surface area contributed by atoms with Gasteiger partial charge in [-0.05, 0) is 25.0 Å². The molecule has 0 bridgehead atoms. The van der Waals surface area contributed by atoms with Crippen molar-refractivity contribution in [2.24, 2.45) is 0 Å². The third-order valence-electron chi connectivity index (χ3n) is 5.92. The first-order valence-electron chi connectivity index (χ1n) is 12.1. The molecule has 0 saturated heterocycles. The summed E-state index contributed by atoms with van der Waals surface area (Å²) < 4.78 is 13.1. The van der Waals surface area contributed by atoms with Crippen LogP contribution in [0.4, 0.5) is 0 Å².